The Kier molecular flexibility index (Phi) is 5.12. The fourth-order valence-electron chi connectivity index (χ4n) is 1.92. The van der Waals surface area contributed by atoms with Gasteiger partial charge in [0.1, 0.15) is 0 Å². The molecule has 0 aliphatic heterocycles. The third kappa shape index (κ3) is 4.14. The van der Waals surface area contributed by atoms with E-state index >= 15 is 0 Å². The topological polar surface area (TPSA) is 84.5 Å². The van der Waals surface area contributed by atoms with Crippen LogP contribution < -0.4 is 10.0 Å². The molecule has 0 saturated carbocycles. The van der Waals surface area contributed by atoms with Gasteiger partial charge in [-0.05, 0) is 42.8 Å². The number of amides is 1. The Morgan fingerprint density at radius 1 is 1.13 bits per heavy atom. The van der Waals surface area contributed by atoms with E-state index in [4.69, 9.17) is 11.6 Å². The van der Waals surface area contributed by atoms with Crippen LogP contribution in [0.15, 0.2) is 47.4 Å². The van der Waals surface area contributed by atoms with E-state index in [1.54, 1.807) is 37.3 Å². The highest BCUT2D eigenvalue weighted by Crippen LogP contribution is 2.25. The Morgan fingerprint density at radius 3 is 2.48 bits per heavy atom. The molecule has 122 valence electrons. The van der Waals surface area contributed by atoms with Crippen LogP contribution in [-0.4, -0.2) is 21.6 Å². The number of hydrogen-bond donors (Lipinski definition) is 2. The minimum atomic E-state index is -3.80. The fraction of sp³-hybridized carbons (Fsp3) is 0.133. The lowest BCUT2D eigenvalue weighted by Crippen LogP contribution is -2.15. The maximum Gasteiger partial charge on any atom is 0.411 e. The van der Waals surface area contributed by atoms with Crippen LogP contribution in [0.25, 0.3) is 0 Å². The molecule has 2 aromatic rings. The van der Waals surface area contributed by atoms with Gasteiger partial charge >= 0.3 is 6.09 Å². The molecule has 2 aromatic carbocycles. The molecule has 0 aromatic heterocycles. The first-order valence-corrected chi connectivity index (χ1v) is 8.42. The van der Waals surface area contributed by atoms with Gasteiger partial charge in [-0.25, -0.2) is 13.2 Å². The minimum Gasteiger partial charge on any atom is -0.453 e. The summed E-state index contributed by atoms with van der Waals surface area (Å²) in [7, 11) is -2.56. The molecule has 2 N–H and O–H groups in total. The Labute approximate surface area is 139 Å². The highest BCUT2D eigenvalue weighted by atomic mass is 35.5. The lowest BCUT2D eigenvalue weighted by atomic mass is 10.2. The molecule has 8 heteroatoms. The van der Waals surface area contributed by atoms with Gasteiger partial charge in [0.2, 0.25) is 0 Å². The van der Waals surface area contributed by atoms with Gasteiger partial charge < -0.3 is 4.74 Å². The zero-order valence-electron chi connectivity index (χ0n) is 12.5. The van der Waals surface area contributed by atoms with Crippen LogP contribution >= 0.6 is 11.6 Å². The van der Waals surface area contributed by atoms with Gasteiger partial charge in [-0.15, -0.1) is 0 Å². The van der Waals surface area contributed by atoms with Crippen molar-refractivity contribution in [1.29, 1.82) is 0 Å². The van der Waals surface area contributed by atoms with Crippen LogP contribution in [0.5, 0.6) is 0 Å². The molecule has 2 rings (SSSR count). The molecule has 0 bridgehead atoms. The van der Waals surface area contributed by atoms with Gasteiger partial charge in [-0.1, -0.05) is 23.7 Å². The molecule has 0 aliphatic rings. The number of anilines is 2. The molecule has 0 heterocycles. The first kappa shape index (κ1) is 17.1. The third-order valence-corrected chi connectivity index (χ3v) is 4.99. The molecule has 0 spiro atoms. The second kappa shape index (κ2) is 6.89. The normalized spacial score (nSPS) is 10.9. The lowest BCUT2D eigenvalue weighted by molar-refractivity contribution is 0.187. The van der Waals surface area contributed by atoms with Crippen molar-refractivity contribution < 1.29 is 17.9 Å². The summed E-state index contributed by atoms with van der Waals surface area (Å²) in [5.74, 6) is 0. The summed E-state index contributed by atoms with van der Waals surface area (Å²) in [6, 6.07) is 10.9. The van der Waals surface area contributed by atoms with E-state index in [1.807, 2.05) is 0 Å². The SMILES string of the molecule is COC(=O)Nc1cccc(NS(=O)(=O)c2cccc(Cl)c2C)c1. The molecule has 0 atom stereocenters. The van der Waals surface area contributed by atoms with Crippen LogP contribution in [0, 0.1) is 6.92 Å². The number of carbonyl (C=O) groups is 1. The largest absolute Gasteiger partial charge is 0.453 e. The number of nitrogens with one attached hydrogen (secondary N) is 2. The number of methoxy groups -OCH3 is 1. The van der Waals surface area contributed by atoms with E-state index < -0.39 is 16.1 Å². The van der Waals surface area contributed by atoms with Crippen molar-refractivity contribution in [3.63, 3.8) is 0 Å². The van der Waals surface area contributed by atoms with E-state index in [-0.39, 0.29) is 4.90 Å². The maximum absolute atomic E-state index is 12.5. The highest BCUT2D eigenvalue weighted by molar-refractivity contribution is 7.92. The molecule has 1 amide bonds. The van der Waals surface area contributed by atoms with Crippen molar-refractivity contribution in [3.8, 4) is 0 Å². The quantitative estimate of drug-likeness (QED) is 0.878. The van der Waals surface area contributed by atoms with E-state index in [1.165, 1.54) is 19.2 Å². The number of rotatable bonds is 4. The van der Waals surface area contributed by atoms with Crippen molar-refractivity contribution in [2.75, 3.05) is 17.1 Å². The molecule has 0 saturated heterocycles. The first-order chi connectivity index (χ1) is 10.8. The second-order valence-electron chi connectivity index (χ2n) is 4.67. The first-order valence-electron chi connectivity index (χ1n) is 6.56. The fourth-order valence-corrected chi connectivity index (χ4v) is 3.47. The molecule has 0 fully saturated rings. The maximum atomic E-state index is 12.5. The van der Waals surface area contributed by atoms with Crippen molar-refractivity contribution >= 4 is 39.1 Å². The molecule has 0 unspecified atom stereocenters. The summed E-state index contributed by atoms with van der Waals surface area (Å²) < 4.78 is 31.9. The zero-order chi connectivity index (χ0) is 17.0. The minimum absolute atomic E-state index is 0.0938. The lowest BCUT2D eigenvalue weighted by Gasteiger charge is -2.12. The number of sulfonamides is 1. The molecule has 6 nitrogen and oxygen atoms in total. The summed E-state index contributed by atoms with van der Waals surface area (Å²) in [6.07, 6.45) is -0.643. The van der Waals surface area contributed by atoms with E-state index in [2.05, 4.69) is 14.8 Å². The Morgan fingerprint density at radius 2 is 1.78 bits per heavy atom. The average molecular weight is 355 g/mol. The van der Waals surface area contributed by atoms with Crippen LogP contribution in [-0.2, 0) is 14.8 Å². The number of ether oxygens (including phenoxy) is 1. The van der Waals surface area contributed by atoms with Crippen LogP contribution in [0.3, 0.4) is 0 Å². The van der Waals surface area contributed by atoms with Gasteiger partial charge in [0.25, 0.3) is 10.0 Å². The number of hydrogen-bond acceptors (Lipinski definition) is 4. The van der Waals surface area contributed by atoms with Gasteiger partial charge in [0, 0.05) is 10.7 Å². The van der Waals surface area contributed by atoms with Gasteiger partial charge in [0.15, 0.2) is 0 Å². The van der Waals surface area contributed by atoms with Crippen molar-refractivity contribution in [1.82, 2.24) is 0 Å². The summed E-state index contributed by atoms with van der Waals surface area (Å²) >= 11 is 5.97. The predicted molar refractivity (Wildman–Crippen MR) is 89.5 cm³/mol. The second-order valence-corrected chi connectivity index (χ2v) is 6.72. The van der Waals surface area contributed by atoms with E-state index in [0.29, 0.717) is 22.0 Å². The van der Waals surface area contributed by atoms with Crippen LogP contribution in [0.1, 0.15) is 5.56 Å². The molecule has 0 aliphatic carbocycles. The van der Waals surface area contributed by atoms with Crippen molar-refractivity contribution in [3.05, 3.63) is 53.1 Å². The average Bonchev–Trinajstić information content (AvgIpc) is 2.49. The third-order valence-electron chi connectivity index (χ3n) is 3.05. The van der Waals surface area contributed by atoms with Gasteiger partial charge in [0.05, 0.1) is 17.7 Å². The predicted octanol–water partition coefficient (Wildman–Crippen LogP) is 3.63. The zero-order valence-corrected chi connectivity index (χ0v) is 14.0. The summed E-state index contributed by atoms with van der Waals surface area (Å²) in [5, 5.41) is 2.83. The standard InChI is InChI=1S/C15H15ClN2O4S/c1-10-13(16)7-4-8-14(10)23(20,21)18-12-6-3-5-11(9-12)17-15(19)22-2/h3-9,18H,1-2H3,(H,17,19). The Balaban J connectivity index is 2.29. The van der Waals surface area contributed by atoms with Crippen LogP contribution in [0.4, 0.5) is 16.2 Å². The monoisotopic (exact) mass is 354 g/mol. The molecule has 0 radical (unpaired) electrons. The van der Waals surface area contributed by atoms with Gasteiger partial charge in [-0.3, -0.25) is 10.0 Å². The number of halogens is 1. The number of carbonyl (C=O) groups excluding carboxylic acids is 1. The van der Waals surface area contributed by atoms with Gasteiger partial charge in [-0.2, -0.15) is 0 Å². The summed E-state index contributed by atoms with van der Waals surface area (Å²) in [6.45, 7) is 1.63. The molecular formula is C15H15ClN2O4S. The Bertz CT molecular complexity index is 837. The smallest absolute Gasteiger partial charge is 0.411 e. The summed E-state index contributed by atoms with van der Waals surface area (Å²) in [4.78, 5) is 11.3. The van der Waals surface area contributed by atoms with Crippen LogP contribution in [0.2, 0.25) is 5.02 Å². The van der Waals surface area contributed by atoms with E-state index in [0.717, 1.165) is 0 Å². The highest BCUT2D eigenvalue weighted by Gasteiger charge is 2.18. The molecule has 23 heavy (non-hydrogen) atoms. The Hall–Kier alpha value is -2.25. The summed E-state index contributed by atoms with van der Waals surface area (Å²) in [5.41, 5.74) is 1.17. The van der Waals surface area contributed by atoms with Crippen molar-refractivity contribution in [2.24, 2.45) is 0 Å². The number of benzene rings is 2. The van der Waals surface area contributed by atoms with Crippen molar-refractivity contribution in [2.45, 2.75) is 11.8 Å². The van der Waals surface area contributed by atoms with E-state index in [9.17, 15) is 13.2 Å². The molecular weight excluding hydrogens is 340 g/mol.